The Morgan fingerprint density at radius 2 is 2.00 bits per heavy atom. The molecule has 0 aromatic carbocycles. The van der Waals surface area contributed by atoms with Crippen molar-refractivity contribution in [1.29, 1.82) is 0 Å². The van der Waals surface area contributed by atoms with Crippen molar-refractivity contribution in [2.45, 2.75) is 51.6 Å². The number of halogens is 1. The zero-order chi connectivity index (χ0) is 13.1. The maximum absolute atomic E-state index is 12.4. The summed E-state index contributed by atoms with van der Waals surface area (Å²) in [6.07, 6.45) is 4.73. The van der Waals surface area contributed by atoms with E-state index >= 15 is 0 Å². The highest BCUT2D eigenvalue weighted by atomic mass is 35.5. The monoisotopic (exact) mass is 289 g/mol. The molecule has 0 aliphatic carbocycles. The minimum Gasteiger partial charge on any atom is -0.339 e. The highest BCUT2D eigenvalue weighted by Gasteiger charge is 2.31. The minimum absolute atomic E-state index is 0. The van der Waals surface area contributed by atoms with Gasteiger partial charge in [0.15, 0.2) is 0 Å². The van der Waals surface area contributed by atoms with Crippen LogP contribution in [0.1, 0.15) is 39.5 Å². The van der Waals surface area contributed by atoms with Crippen LogP contribution in [0.3, 0.4) is 0 Å². The Kier molecular flexibility index (Phi) is 6.57. The topological polar surface area (TPSA) is 49.6 Å². The van der Waals surface area contributed by atoms with Crippen LogP contribution in [0.2, 0.25) is 0 Å². The molecule has 2 rings (SSSR count). The molecule has 0 aromatic heterocycles. The summed E-state index contributed by atoms with van der Waals surface area (Å²) in [7, 11) is 0. The zero-order valence-electron chi connectivity index (χ0n) is 12.2. The SMILES string of the molecule is CC1CC(CN)CN1CC(=O)N1CCCCC1C.Cl. The molecule has 2 saturated heterocycles. The fraction of sp³-hybridized carbons (Fsp3) is 0.929. The van der Waals surface area contributed by atoms with Crippen molar-refractivity contribution >= 4 is 18.3 Å². The molecule has 2 heterocycles. The Labute approximate surface area is 123 Å². The van der Waals surface area contributed by atoms with Gasteiger partial charge in [0.05, 0.1) is 6.54 Å². The Morgan fingerprint density at radius 3 is 2.58 bits per heavy atom. The van der Waals surface area contributed by atoms with E-state index in [1.807, 2.05) is 0 Å². The van der Waals surface area contributed by atoms with Crippen molar-refractivity contribution in [3.05, 3.63) is 0 Å². The van der Waals surface area contributed by atoms with Gasteiger partial charge in [0.25, 0.3) is 0 Å². The molecule has 2 N–H and O–H groups in total. The first kappa shape index (κ1) is 16.7. The number of likely N-dealkylation sites (tertiary alicyclic amines) is 2. The molecule has 0 aromatic rings. The van der Waals surface area contributed by atoms with Crippen LogP contribution in [0.15, 0.2) is 0 Å². The highest BCUT2D eigenvalue weighted by molar-refractivity contribution is 5.85. The van der Waals surface area contributed by atoms with Crippen LogP contribution in [0.5, 0.6) is 0 Å². The minimum atomic E-state index is 0. The Hall–Kier alpha value is -0.320. The van der Waals surface area contributed by atoms with E-state index in [1.165, 1.54) is 6.42 Å². The molecule has 3 unspecified atom stereocenters. The largest absolute Gasteiger partial charge is 0.339 e. The number of nitrogens with two attached hydrogens (primary N) is 1. The fourth-order valence-corrected chi connectivity index (χ4v) is 3.34. The number of carbonyl (C=O) groups excluding carboxylic acids is 1. The van der Waals surface area contributed by atoms with Crippen LogP contribution in [0.25, 0.3) is 0 Å². The molecule has 2 fully saturated rings. The second-order valence-electron chi connectivity index (χ2n) is 6.05. The van der Waals surface area contributed by atoms with Gasteiger partial charge in [-0.15, -0.1) is 12.4 Å². The molecule has 0 saturated carbocycles. The van der Waals surface area contributed by atoms with Crippen molar-refractivity contribution in [3.8, 4) is 0 Å². The normalized spacial score (nSPS) is 32.2. The second-order valence-corrected chi connectivity index (χ2v) is 6.05. The quantitative estimate of drug-likeness (QED) is 0.856. The fourth-order valence-electron chi connectivity index (χ4n) is 3.34. The lowest BCUT2D eigenvalue weighted by molar-refractivity contribution is -0.135. The lowest BCUT2D eigenvalue weighted by atomic mass is 10.0. The number of nitrogens with zero attached hydrogens (tertiary/aromatic N) is 2. The molecule has 2 aliphatic heterocycles. The molecule has 5 heteroatoms. The molecule has 3 atom stereocenters. The molecule has 0 radical (unpaired) electrons. The molecule has 4 nitrogen and oxygen atoms in total. The first-order chi connectivity index (χ1) is 8.61. The molecule has 1 amide bonds. The van der Waals surface area contributed by atoms with E-state index in [4.69, 9.17) is 5.73 Å². The lowest BCUT2D eigenvalue weighted by Crippen LogP contribution is -2.47. The van der Waals surface area contributed by atoms with Crippen molar-refractivity contribution in [2.24, 2.45) is 11.7 Å². The van der Waals surface area contributed by atoms with Gasteiger partial charge in [0, 0.05) is 25.2 Å². The van der Waals surface area contributed by atoms with Gasteiger partial charge in [0.2, 0.25) is 5.91 Å². The van der Waals surface area contributed by atoms with E-state index in [-0.39, 0.29) is 12.4 Å². The van der Waals surface area contributed by atoms with Crippen LogP contribution in [-0.2, 0) is 4.79 Å². The number of carbonyl (C=O) groups is 1. The summed E-state index contributed by atoms with van der Waals surface area (Å²) in [6, 6.07) is 0.928. The van der Waals surface area contributed by atoms with Crippen molar-refractivity contribution in [2.75, 3.05) is 26.2 Å². The lowest BCUT2D eigenvalue weighted by Gasteiger charge is -2.35. The van der Waals surface area contributed by atoms with Crippen molar-refractivity contribution in [1.82, 2.24) is 9.80 Å². The van der Waals surface area contributed by atoms with Gasteiger partial charge >= 0.3 is 0 Å². The number of piperidine rings is 1. The summed E-state index contributed by atoms with van der Waals surface area (Å²) in [6.45, 7) is 7.65. The van der Waals surface area contributed by atoms with E-state index in [1.54, 1.807) is 0 Å². The zero-order valence-corrected chi connectivity index (χ0v) is 13.0. The first-order valence-corrected chi connectivity index (χ1v) is 7.35. The van der Waals surface area contributed by atoms with Crippen LogP contribution >= 0.6 is 12.4 Å². The number of hydrogen-bond acceptors (Lipinski definition) is 3. The Bertz CT molecular complexity index is 300. The highest BCUT2D eigenvalue weighted by Crippen LogP contribution is 2.23. The average molecular weight is 290 g/mol. The molecule has 19 heavy (non-hydrogen) atoms. The standard InChI is InChI=1S/C14H27N3O.ClH/c1-11-5-3-4-6-17(11)14(18)10-16-9-13(8-15)7-12(16)2;/h11-13H,3-10,15H2,1-2H3;1H. The summed E-state index contributed by atoms with van der Waals surface area (Å²) >= 11 is 0. The van der Waals surface area contributed by atoms with Crippen molar-refractivity contribution < 1.29 is 4.79 Å². The predicted octanol–water partition coefficient (Wildman–Crippen LogP) is 1.48. The van der Waals surface area contributed by atoms with Gasteiger partial charge in [0.1, 0.15) is 0 Å². The van der Waals surface area contributed by atoms with Gasteiger partial charge in [-0.2, -0.15) is 0 Å². The molecule has 2 aliphatic rings. The Morgan fingerprint density at radius 1 is 1.26 bits per heavy atom. The smallest absolute Gasteiger partial charge is 0.236 e. The summed E-state index contributed by atoms with van der Waals surface area (Å²) in [4.78, 5) is 16.7. The third-order valence-corrected chi connectivity index (χ3v) is 4.59. The molecule has 0 bridgehead atoms. The molecular formula is C14H28ClN3O. The first-order valence-electron chi connectivity index (χ1n) is 7.35. The molecule has 0 spiro atoms. The summed E-state index contributed by atoms with van der Waals surface area (Å²) in [5, 5.41) is 0. The number of rotatable bonds is 3. The van der Waals surface area contributed by atoms with E-state index in [0.29, 0.717) is 30.5 Å². The van der Waals surface area contributed by atoms with Gasteiger partial charge < -0.3 is 10.6 Å². The van der Waals surface area contributed by atoms with Gasteiger partial charge in [-0.25, -0.2) is 0 Å². The van der Waals surface area contributed by atoms with E-state index in [0.717, 1.165) is 38.9 Å². The van der Waals surface area contributed by atoms with Gasteiger partial charge in [-0.3, -0.25) is 9.69 Å². The van der Waals surface area contributed by atoms with Crippen LogP contribution in [-0.4, -0.2) is 54.0 Å². The van der Waals surface area contributed by atoms with Gasteiger partial charge in [-0.1, -0.05) is 0 Å². The molecule has 112 valence electrons. The molecular weight excluding hydrogens is 262 g/mol. The van der Waals surface area contributed by atoms with E-state index < -0.39 is 0 Å². The second kappa shape index (κ2) is 7.46. The van der Waals surface area contributed by atoms with E-state index in [2.05, 4.69) is 23.6 Å². The van der Waals surface area contributed by atoms with Crippen molar-refractivity contribution in [3.63, 3.8) is 0 Å². The van der Waals surface area contributed by atoms with Gasteiger partial charge in [-0.05, 0) is 52.0 Å². The Balaban J connectivity index is 0.00000180. The van der Waals surface area contributed by atoms with Crippen LogP contribution in [0, 0.1) is 5.92 Å². The van der Waals surface area contributed by atoms with Crippen LogP contribution < -0.4 is 5.73 Å². The summed E-state index contributed by atoms with van der Waals surface area (Å²) in [5.41, 5.74) is 5.73. The van der Waals surface area contributed by atoms with E-state index in [9.17, 15) is 4.79 Å². The number of amides is 1. The maximum Gasteiger partial charge on any atom is 0.236 e. The maximum atomic E-state index is 12.4. The average Bonchev–Trinajstić information content (AvgIpc) is 2.70. The summed E-state index contributed by atoms with van der Waals surface area (Å²) in [5.74, 6) is 0.887. The predicted molar refractivity (Wildman–Crippen MR) is 80.5 cm³/mol. The summed E-state index contributed by atoms with van der Waals surface area (Å²) < 4.78 is 0. The third kappa shape index (κ3) is 4.07. The number of hydrogen-bond donors (Lipinski definition) is 1. The third-order valence-electron chi connectivity index (χ3n) is 4.59. The van der Waals surface area contributed by atoms with Crippen LogP contribution in [0.4, 0.5) is 0 Å².